The van der Waals surface area contributed by atoms with Gasteiger partial charge in [0.25, 0.3) is 5.91 Å². The minimum atomic E-state index is -0.757. The third-order valence-electron chi connectivity index (χ3n) is 6.34. The van der Waals surface area contributed by atoms with E-state index in [1.54, 1.807) is 18.3 Å². The normalized spacial score (nSPS) is 26.9. The van der Waals surface area contributed by atoms with Crippen molar-refractivity contribution in [2.75, 3.05) is 19.7 Å². The van der Waals surface area contributed by atoms with E-state index in [-0.39, 0.29) is 24.0 Å². The fourth-order valence-corrected chi connectivity index (χ4v) is 4.40. The molecule has 30 heavy (non-hydrogen) atoms. The van der Waals surface area contributed by atoms with Crippen LogP contribution in [0.4, 0.5) is 0 Å². The number of piperidine rings is 1. The van der Waals surface area contributed by atoms with Crippen LogP contribution in [0.2, 0.25) is 0 Å². The summed E-state index contributed by atoms with van der Waals surface area (Å²) in [5.74, 6) is 1.40. The summed E-state index contributed by atoms with van der Waals surface area (Å²) in [7, 11) is 0. The van der Waals surface area contributed by atoms with Gasteiger partial charge in [0.15, 0.2) is 5.82 Å². The molecule has 2 aliphatic heterocycles. The van der Waals surface area contributed by atoms with Gasteiger partial charge >= 0.3 is 0 Å². The minimum absolute atomic E-state index is 0.211. The maximum Gasteiger partial charge on any atom is 0.268 e. The lowest BCUT2D eigenvalue weighted by Crippen LogP contribution is -2.65. The van der Waals surface area contributed by atoms with E-state index in [2.05, 4.69) is 25.3 Å². The summed E-state index contributed by atoms with van der Waals surface area (Å²) in [5.41, 5.74) is -0.619. The number of rotatable bonds is 5. The van der Waals surface area contributed by atoms with Crippen LogP contribution < -0.4 is 5.32 Å². The van der Waals surface area contributed by atoms with Crippen molar-refractivity contribution < 1.29 is 19.2 Å². The Morgan fingerprint density at radius 2 is 2.20 bits per heavy atom. The van der Waals surface area contributed by atoms with Crippen molar-refractivity contribution in [3.63, 3.8) is 0 Å². The Morgan fingerprint density at radius 3 is 2.83 bits per heavy atom. The number of hydrogen-bond donors (Lipinski definition) is 3. The Kier molecular flexibility index (Phi) is 5.69. The highest BCUT2D eigenvalue weighted by atomic mass is 16.5. The Morgan fingerprint density at radius 1 is 1.43 bits per heavy atom. The lowest BCUT2D eigenvalue weighted by atomic mass is 9.74. The van der Waals surface area contributed by atoms with Crippen LogP contribution >= 0.6 is 0 Å². The second-order valence-electron chi connectivity index (χ2n) is 9.12. The van der Waals surface area contributed by atoms with Gasteiger partial charge in [-0.2, -0.15) is 4.98 Å². The van der Waals surface area contributed by atoms with Crippen molar-refractivity contribution in [3.05, 3.63) is 35.7 Å². The van der Waals surface area contributed by atoms with Crippen molar-refractivity contribution in [2.45, 2.75) is 69.7 Å². The van der Waals surface area contributed by atoms with Gasteiger partial charge in [-0.25, -0.2) is 0 Å². The predicted octanol–water partition coefficient (Wildman–Crippen LogP) is 1.83. The topological polar surface area (TPSA) is 117 Å². The number of aromatic amines is 1. The third-order valence-corrected chi connectivity index (χ3v) is 6.34. The van der Waals surface area contributed by atoms with Crippen LogP contribution in [0, 0.1) is 0 Å². The molecule has 2 aromatic rings. The van der Waals surface area contributed by atoms with E-state index in [1.807, 2.05) is 20.8 Å². The SMILES string of the molecule is CC(C)c1noc(CN2CCC3(CC2)C[C@@](C)(NC(=O)c2ccc[nH]2)[C@H](O)CO3)n1. The Balaban J connectivity index is 1.37. The summed E-state index contributed by atoms with van der Waals surface area (Å²) in [6, 6.07) is 3.50. The Bertz CT molecular complexity index is 857. The molecule has 4 rings (SSSR count). The first kappa shape index (κ1) is 21.0. The number of aromatic nitrogens is 3. The number of carbonyl (C=O) groups excluding carboxylic acids is 1. The molecule has 3 N–H and O–H groups in total. The van der Waals surface area contributed by atoms with Crippen LogP contribution in [-0.2, 0) is 11.3 Å². The standard InChI is InChI=1S/C21H31N5O4/c1-14(2)18-23-17(30-25-18)11-26-9-6-21(7-10-26)13-20(3,16(27)12-29-21)24-19(28)15-5-4-8-22-15/h4-5,8,14,16,22,27H,6-7,9-13H2,1-3H3,(H,24,28)/t16-,20-/m1/s1. The number of likely N-dealkylation sites (tertiary alicyclic amines) is 1. The molecule has 1 spiro atoms. The maximum absolute atomic E-state index is 12.6. The number of aliphatic hydroxyl groups excluding tert-OH is 1. The van der Waals surface area contributed by atoms with Crippen LogP contribution in [0.5, 0.6) is 0 Å². The number of aliphatic hydroxyl groups is 1. The third kappa shape index (κ3) is 4.28. The number of amides is 1. The van der Waals surface area contributed by atoms with Gasteiger partial charge in [-0.05, 0) is 31.9 Å². The molecule has 1 amide bonds. The second-order valence-corrected chi connectivity index (χ2v) is 9.12. The van der Waals surface area contributed by atoms with E-state index in [9.17, 15) is 9.90 Å². The van der Waals surface area contributed by atoms with Crippen molar-refractivity contribution in [3.8, 4) is 0 Å². The number of hydrogen-bond acceptors (Lipinski definition) is 7. The van der Waals surface area contributed by atoms with Gasteiger partial charge < -0.3 is 24.7 Å². The lowest BCUT2D eigenvalue weighted by Gasteiger charge is -2.51. The van der Waals surface area contributed by atoms with Crippen LogP contribution in [0.3, 0.4) is 0 Å². The van der Waals surface area contributed by atoms with Crippen LogP contribution in [0.25, 0.3) is 0 Å². The average molecular weight is 418 g/mol. The molecular formula is C21H31N5O4. The Hall–Kier alpha value is -2.23. The number of nitrogens with one attached hydrogen (secondary N) is 2. The number of ether oxygens (including phenoxy) is 1. The largest absolute Gasteiger partial charge is 0.388 e. The van der Waals surface area contributed by atoms with Crippen LogP contribution in [0.15, 0.2) is 22.9 Å². The zero-order chi connectivity index (χ0) is 21.4. The van der Waals surface area contributed by atoms with Crippen molar-refractivity contribution in [1.82, 2.24) is 25.3 Å². The average Bonchev–Trinajstić information content (AvgIpc) is 3.39. The summed E-state index contributed by atoms with van der Waals surface area (Å²) in [5, 5.41) is 17.7. The van der Waals surface area contributed by atoms with Crippen molar-refractivity contribution in [1.29, 1.82) is 0 Å². The minimum Gasteiger partial charge on any atom is -0.388 e. The van der Waals surface area contributed by atoms with Gasteiger partial charge in [-0.3, -0.25) is 9.69 Å². The molecular weight excluding hydrogens is 386 g/mol. The molecule has 0 radical (unpaired) electrons. The predicted molar refractivity (Wildman–Crippen MR) is 109 cm³/mol. The van der Waals surface area contributed by atoms with E-state index >= 15 is 0 Å². The number of H-pyrrole nitrogens is 1. The highest BCUT2D eigenvalue weighted by molar-refractivity contribution is 5.92. The monoisotopic (exact) mass is 417 g/mol. The molecule has 0 bridgehead atoms. The van der Waals surface area contributed by atoms with E-state index in [1.165, 1.54) is 0 Å². The van der Waals surface area contributed by atoms with Gasteiger partial charge in [0.1, 0.15) is 11.8 Å². The van der Waals surface area contributed by atoms with E-state index in [0.29, 0.717) is 24.6 Å². The molecule has 4 heterocycles. The summed E-state index contributed by atoms with van der Waals surface area (Å²) in [4.78, 5) is 22.2. The first-order valence-electron chi connectivity index (χ1n) is 10.6. The van der Waals surface area contributed by atoms with E-state index in [4.69, 9.17) is 9.26 Å². The highest BCUT2D eigenvalue weighted by Gasteiger charge is 2.50. The highest BCUT2D eigenvalue weighted by Crippen LogP contribution is 2.40. The molecule has 0 aliphatic carbocycles. The molecule has 2 aromatic heterocycles. The van der Waals surface area contributed by atoms with E-state index < -0.39 is 11.6 Å². The van der Waals surface area contributed by atoms with Crippen LogP contribution in [0.1, 0.15) is 68.2 Å². The van der Waals surface area contributed by atoms with Gasteiger partial charge in [0.05, 0.1) is 24.3 Å². The molecule has 0 aromatic carbocycles. The molecule has 9 nitrogen and oxygen atoms in total. The molecule has 2 fully saturated rings. The van der Waals surface area contributed by atoms with Crippen molar-refractivity contribution >= 4 is 5.91 Å². The number of nitrogens with zero attached hydrogens (tertiary/aromatic N) is 3. The molecule has 2 atom stereocenters. The molecule has 9 heteroatoms. The van der Waals surface area contributed by atoms with Gasteiger partial charge in [0, 0.05) is 31.6 Å². The second kappa shape index (κ2) is 8.13. The molecule has 2 aliphatic rings. The van der Waals surface area contributed by atoms with Gasteiger partial charge in [0.2, 0.25) is 5.89 Å². The fourth-order valence-electron chi connectivity index (χ4n) is 4.40. The van der Waals surface area contributed by atoms with E-state index in [0.717, 1.165) is 31.8 Å². The first-order valence-corrected chi connectivity index (χ1v) is 10.6. The van der Waals surface area contributed by atoms with Crippen molar-refractivity contribution in [2.24, 2.45) is 0 Å². The molecule has 164 valence electrons. The summed E-state index contributed by atoms with van der Waals surface area (Å²) in [6.07, 6.45) is 3.16. The Labute approximate surface area is 176 Å². The molecule has 0 saturated carbocycles. The molecule has 0 unspecified atom stereocenters. The summed E-state index contributed by atoms with van der Waals surface area (Å²) in [6.45, 7) is 8.48. The fraction of sp³-hybridized carbons (Fsp3) is 0.667. The molecule has 2 saturated heterocycles. The first-order chi connectivity index (χ1) is 14.3. The van der Waals surface area contributed by atoms with Crippen LogP contribution in [-0.4, -0.2) is 68.0 Å². The van der Waals surface area contributed by atoms with Gasteiger partial charge in [-0.1, -0.05) is 19.0 Å². The summed E-state index contributed by atoms with van der Waals surface area (Å²) < 4.78 is 11.5. The smallest absolute Gasteiger partial charge is 0.268 e. The number of carbonyl (C=O) groups is 1. The van der Waals surface area contributed by atoms with Gasteiger partial charge in [-0.15, -0.1) is 0 Å². The maximum atomic E-state index is 12.6. The quantitative estimate of drug-likeness (QED) is 0.679. The lowest BCUT2D eigenvalue weighted by molar-refractivity contribution is -0.178. The zero-order valence-electron chi connectivity index (χ0n) is 17.9. The zero-order valence-corrected chi connectivity index (χ0v) is 17.9. The summed E-state index contributed by atoms with van der Waals surface area (Å²) >= 11 is 0.